The average molecular weight is 607 g/mol. The van der Waals surface area contributed by atoms with Crippen LogP contribution in [-0.4, -0.2) is 9.13 Å². The number of pyridine rings is 1. The van der Waals surface area contributed by atoms with E-state index in [-0.39, 0.29) is 0 Å². The Morgan fingerprint density at radius 3 is 2.20 bits per heavy atom. The van der Waals surface area contributed by atoms with Gasteiger partial charge in [0.15, 0.2) is 7.14 Å². The summed E-state index contributed by atoms with van der Waals surface area (Å²) in [4.78, 5) is 0. The lowest BCUT2D eigenvalue weighted by atomic mass is 10.1. The Kier molecular flexibility index (Phi) is 5.27. The summed E-state index contributed by atoms with van der Waals surface area (Å²) in [5, 5.41) is 7.39. The van der Waals surface area contributed by atoms with Gasteiger partial charge in [0.2, 0.25) is 0 Å². The molecule has 0 N–H and O–H groups in total. The van der Waals surface area contributed by atoms with Gasteiger partial charge >= 0.3 is 0 Å². The Hall–Kier alpha value is -5.63. The number of rotatable bonds is 3. The highest BCUT2D eigenvalue weighted by molar-refractivity contribution is 7.88. The number of para-hydroxylation sites is 2. The van der Waals surface area contributed by atoms with Crippen LogP contribution in [0.3, 0.4) is 0 Å². The maximum atomic E-state index is 15.9. The van der Waals surface area contributed by atoms with E-state index in [0.29, 0.717) is 0 Å². The largest absolute Gasteiger partial charge is 0.323 e. The van der Waals surface area contributed by atoms with Gasteiger partial charge in [-0.3, -0.25) is 0 Å². The van der Waals surface area contributed by atoms with E-state index < -0.39 is 7.14 Å². The second kappa shape index (κ2) is 9.44. The molecule has 6 aromatic rings. The van der Waals surface area contributed by atoms with Crippen LogP contribution in [0.1, 0.15) is 5.56 Å². The molecule has 2 aliphatic heterocycles. The van der Waals surface area contributed by atoms with Crippen molar-refractivity contribution in [2.75, 3.05) is 0 Å². The molecule has 46 heavy (non-hydrogen) atoms. The lowest BCUT2D eigenvalue weighted by Crippen LogP contribution is -2.28. The molecular weight excluding hydrogens is 579 g/mol. The minimum Gasteiger partial charge on any atom is -0.323 e. The molecule has 0 saturated heterocycles. The molecule has 1 atom stereocenters. The van der Waals surface area contributed by atoms with Gasteiger partial charge in [-0.05, 0) is 87.8 Å². The van der Waals surface area contributed by atoms with Crippen molar-refractivity contribution in [3.8, 4) is 22.5 Å². The molecule has 216 valence electrons. The summed E-state index contributed by atoms with van der Waals surface area (Å²) in [6.45, 7) is 0. The third-order valence-corrected chi connectivity index (χ3v) is 12.9. The van der Waals surface area contributed by atoms with E-state index >= 15 is 4.57 Å². The van der Waals surface area contributed by atoms with Crippen LogP contribution in [-0.2, 0) is 4.57 Å². The van der Waals surface area contributed by atoms with Crippen LogP contribution < -0.4 is 21.0 Å². The van der Waals surface area contributed by atoms with Crippen molar-refractivity contribution in [3.05, 3.63) is 173 Å². The number of allylic oxidation sites excluding steroid dienone is 1. The number of nitrogens with zero attached hydrogens (tertiary/aromatic N) is 2. The fraction of sp³-hybridized carbons (Fsp3) is 0. The molecule has 4 aliphatic rings. The van der Waals surface area contributed by atoms with Crippen LogP contribution in [0.2, 0.25) is 0 Å². The molecule has 5 aromatic carbocycles. The summed E-state index contributed by atoms with van der Waals surface area (Å²) in [5.74, 6) is 0. The third-order valence-electron chi connectivity index (χ3n) is 9.66. The minimum atomic E-state index is -3.20. The highest BCUT2D eigenvalue weighted by atomic mass is 31.2. The quantitative estimate of drug-likeness (QED) is 0.187. The molecule has 0 saturated carbocycles. The molecule has 0 bridgehead atoms. The summed E-state index contributed by atoms with van der Waals surface area (Å²) < 4.78 is 20.4. The van der Waals surface area contributed by atoms with E-state index in [9.17, 15) is 0 Å². The molecule has 4 heteroatoms. The first kappa shape index (κ1) is 25.7. The minimum absolute atomic E-state index is 0.875. The summed E-state index contributed by atoms with van der Waals surface area (Å²) in [5.41, 5.74) is 8.80. The van der Waals surface area contributed by atoms with Gasteiger partial charge in [0.05, 0.1) is 11.0 Å². The number of hydrogen-bond acceptors (Lipinski definition) is 1. The van der Waals surface area contributed by atoms with Crippen LogP contribution in [0.4, 0.5) is 0 Å². The third kappa shape index (κ3) is 3.46. The number of aromatic nitrogens is 2. The van der Waals surface area contributed by atoms with Gasteiger partial charge in [0.25, 0.3) is 0 Å². The van der Waals surface area contributed by atoms with E-state index in [1.807, 2.05) is 30.3 Å². The van der Waals surface area contributed by atoms with E-state index in [2.05, 4.69) is 143 Å². The van der Waals surface area contributed by atoms with Crippen LogP contribution >= 0.6 is 7.14 Å². The second-order valence-electron chi connectivity index (χ2n) is 12.2. The smallest absolute Gasteiger partial charge is 0.173 e. The monoisotopic (exact) mass is 606 g/mol. The van der Waals surface area contributed by atoms with Gasteiger partial charge in [0.1, 0.15) is 0 Å². The van der Waals surface area contributed by atoms with Crippen molar-refractivity contribution >= 4 is 57.0 Å². The normalized spacial score (nSPS) is 16.7. The summed E-state index contributed by atoms with van der Waals surface area (Å²) in [6.07, 6.45) is 8.74. The van der Waals surface area contributed by atoms with Crippen molar-refractivity contribution in [2.45, 2.75) is 0 Å². The maximum absolute atomic E-state index is 15.9. The van der Waals surface area contributed by atoms with Crippen molar-refractivity contribution < 1.29 is 4.57 Å². The highest BCUT2D eigenvalue weighted by Gasteiger charge is 2.42. The topological polar surface area (TPSA) is 26.9 Å². The van der Waals surface area contributed by atoms with E-state index in [4.69, 9.17) is 0 Å². The van der Waals surface area contributed by atoms with E-state index in [1.165, 1.54) is 21.8 Å². The van der Waals surface area contributed by atoms with Crippen molar-refractivity contribution in [1.29, 1.82) is 0 Å². The first-order valence-electron chi connectivity index (χ1n) is 15.6. The second-order valence-corrected chi connectivity index (χ2v) is 14.8. The summed E-state index contributed by atoms with van der Waals surface area (Å²) in [6, 6.07) is 48.6. The summed E-state index contributed by atoms with van der Waals surface area (Å²) in [7, 11) is -3.20. The molecule has 1 aromatic heterocycles. The van der Waals surface area contributed by atoms with Gasteiger partial charge in [-0.2, -0.15) is 0 Å². The lowest BCUT2D eigenvalue weighted by molar-refractivity contribution is 0.593. The molecule has 0 spiro atoms. The van der Waals surface area contributed by atoms with Crippen molar-refractivity contribution in [3.63, 3.8) is 0 Å². The molecule has 0 fully saturated rings. The van der Waals surface area contributed by atoms with Gasteiger partial charge < -0.3 is 13.7 Å². The summed E-state index contributed by atoms with van der Waals surface area (Å²) >= 11 is 0. The van der Waals surface area contributed by atoms with Crippen LogP contribution in [0.5, 0.6) is 0 Å². The Labute approximate surface area is 266 Å². The van der Waals surface area contributed by atoms with Gasteiger partial charge in [-0.1, -0.05) is 91.0 Å². The maximum Gasteiger partial charge on any atom is 0.173 e. The SMILES string of the molecule is O=P1(c2ccccc2)C2=c3ccccc3=CC2=Cc2cc3ccn(-c4ccc5c(c4)c4ccccc4n5-c4ccccc4)cc-3c21. The number of fused-ring (bicyclic) bond motifs is 8. The van der Waals surface area contributed by atoms with Gasteiger partial charge in [-0.15, -0.1) is 0 Å². The van der Waals surface area contributed by atoms with Gasteiger partial charge in [-0.25, -0.2) is 0 Å². The van der Waals surface area contributed by atoms with E-state index in [0.717, 1.165) is 60.0 Å². The lowest BCUT2D eigenvalue weighted by Gasteiger charge is -2.27. The zero-order valence-electron chi connectivity index (χ0n) is 24.8. The molecule has 3 heterocycles. The fourth-order valence-corrected chi connectivity index (χ4v) is 11.1. The standard InChI is InChI=1S/C42H27N2OP/c45-46(34-14-5-2-6-15-34)41-30(23-28-11-7-8-16-35(28)41)25-31-24-29-21-22-43(27-38(29)42(31)46)33-19-20-40-37(26-33)36-17-9-10-18-39(36)44(40)32-12-3-1-4-13-32/h1-27H. The van der Waals surface area contributed by atoms with Crippen LogP contribution in [0.25, 0.3) is 61.8 Å². The molecular formula is C42H27N2OP. The van der Waals surface area contributed by atoms with Crippen LogP contribution in [0.15, 0.2) is 157 Å². The number of benzene rings is 5. The zero-order valence-corrected chi connectivity index (χ0v) is 25.7. The fourth-order valence-electron chi connectivity index (χ4n) is 7.69. The molecule has 1 unspecified atom stereocenters. The highest BCUT2D eigenvalue weighted by Crippen LogP contribution is 2.61. The van der Waals surface area contributed by atoms with Crippen molar-refractivity contribution in [1.82, 2.24) is 9.13 Å². The van der Waals surface area contributed by atoms with Gasteiger partial charge in [0, 0.05) is 56.0 Å². The Balaban J connectivity index is 1.22. The van der Waals surface area contributed by atoms with Crippen LogP contribution in [0, 0.1) is 0 Å². The molecule has 0 amide bonds. The molecule has 0 radical (unpaired) electrons. The number of hydrogen-bond donors (Lipinski definition) is 0. The first-order chi connectivity index (χ1) is 22.7. The predicted octanol–water partition coefficient (Wildman–Crippen LogP) is 7.99. The molecule has 10 rings (SSSR count). The van der Waals surface area contributed by atoms with E-state index in [1.54, 1.807) is 0 Å². The Morgan fingerprint density at radius 1 is 0.587 bits per heavy atom. The Bertz CT molecular complexity index is 2710. The predicted molar refractivity (Wildman–Crippen MR) is 192 cm³/mol. The molecule has 3 nitrogen and oxygen atoms in total. The zero-order chi connectivity index (χ0) is 30.4. The Morgan fingerprint density at radius 2 is 1.33 bits per heavy atom. The van der Waals surface area contributed by atoms with Crippen molar-refractivity contribution in [2.24, 2.45) is 0 Å². The molecule has 2 aliphatic carbocycles. The first-order valence-corrected chi connectivity index (χ1v) is 17.3. The average Bonchev–Trinajstić information content (AvgIpc) is 3.78.